The van der Waals surface area contributed by atoms with Gasteiger partial charge in [0.25, 0.3) is 0 Å². The van der Waals surface area contributed by atoms with Gasteiger partial charge < -0.3 is 24.2 Å². The van der Waals surface area contributed by atoms with Crippen LogP contribution in [0.3, 0.4) is 0 Å². The lowest BCUT2D eigenvalue weighted by Gasteiger charge is -2.18. The average molecular weight is 269 g/mol. The maximum Gasteiger partial charge on any atom is 0.200 e. The van der Waals surface area contributed by atoms with Crippen molar-refractivity contribution >= 4 is 0 Å². The van der Waals surface area contributed by atoms with Crippen molar-refractivity contribution in [1.82, 2.24) is 4.90 Å². The number of hydrogen-bond acceptors (Lipinski definition) is 5. The summed E-state index contributed by atoms with van der Waals surface area (Å²) in [4.78, 5) is 2.18. The molecule has 19 heavy (non-hydrogen) atoms. The predicted molar refractivity (Wildman–Crippen MR) is 74.0 cm³/mol. The Morgan fingerprint density at radius 1 is 1.11 bits per heavy atom. The highest BCUT2D eigenvalue weighted by molar-refractivity contribution is 5.52. The van der Waals surface area contributed by atoms with Gasteiger partial charge in [-0.25, -0.2) is 0 Å². The summed E-state index contributed by atoms with van der Waals surface area (Å²) in [7, 11) is 6.80. The maximum atomic E-state index is 9.84. The number of phenolic OH excluding ortho intramolecular Hbond substituents is 1. The first kappa shape index (κ1) is 15.6. The van der Waals surface area contributed by atoms with E-state index in [0.717, 1.165) is 31.7 Å². The minimum absolute atomic E-state index is 0.0378. The zero-order valence-corrected chi connectivity index (χ0v) is 12.1. The Bertz CT molecular complexity index is 370. The van der Waals surface area contributed by atoms with E-state index in [-0.39, 0.29) is 5.75 Å². The van der Waals surface area contributed by atoms with Crippen molar-refractivity contribution in [3.63, 3.8) is 0 Å². The second-order valence-corrected chi connectivity index (χ2v) is 4.43. The molecule has 0 aliphatic carbocycles. The summed E-state index contributed by atoms with van der Waals surface area (Å²) in [5, 5.41) is 9.84. The summed E-state index contributed by atoms with van der Waals surface area (Å²) in [5.74, 6) is 0.898. The molecule has 0 atom stereocenters. The van der Waals surface area contributed by atoms with Crippen molar-refractivity contribution < 1.29 is 19.3 Å². The van der Waals surface area contributed by atoms with Crippen LogP contribution in [0.15, 0.2) is 12.1 Å². The quantitative estimate of drug-likeness (QED) is 0.730. The van der Waals surface area contributed by atoms with E-state index in [9.17, 15) is 5.11 Å². The van der Waals surface area contributed by atoms with Crippen LogP contribution < -0.4 is 9.47 Å². The Morgan fingerprint density at radius 3 is 2.16 bits per heavy atom. The lowest BCUT2D eigenvalue weighted by molar-refractivity contribution is 0.178. The van der Waals surface area contributed by atoms with Gasteiger partial charge in [-0.15, -0.1) is 0 Å². The molecule has 0 aliphatic heterocycles. The average Bonchev–Trinajstić information content (AvgIpc) is 2.40. The van der Waals surface area contributed by atoms with Gasteiger partial charge in [-0.05, 0) is 31.2 Å². The lowest BCUT2D eigenvalue weighted by atomic mass is 10.1. The van der Waals surface area contributed by atoms with Gasteiger partial charge in [0.05, 0.1) is 14.2 Å². The Labute approximate surface area is 114 Å². The molecule has 0 saturated heterocycles. The fourth-order valence-corrected chi connectivity index (χ4v) is 1.91. The topological polar surface area (TPSA) is 51.2 Å². The van der Waals surface area contributed by atoms with Gasteiger partial charge in [-0.2, -0.15) is 0 Å². The van der Waals surface area contributed by atoms with Crippen LogP contribution in [0.2, 0.25) is 0 Å². The normalized spacial score (nSPS) is 10.8. The van der Waals surface area contributed by atoms with Crippen molar-refractivity contribution in [1.29, 1.82) is 0 Å². The van der Waals surface area contributed by atoms with E-state index >= 15 is 0 Å². The summed E-state index contributed by atoms with van der Waals surface area (Å²) in [6, 6.07) is 3.65. The highest BCUT2D eigenvalue weighted by Crippen LogP contribution is 2.37. The molecule has 0 saturated carbocycles. The third-order valence-electron chi connectivity index (χ3n) is 2.88. The first-order valence-electron chi connectivity index (χ1n) is 6.23. The van der Waals surface area contributed by atoms with Crippen LogP contribution >= 0.6 is 0 Å². The molecule has 0 aromatic heterocycles. The van der Waals surface area contributed by atoms with Crippen molar-refractivity contribution in [2.75, 3.05) is 41.5 Å². The minimum atomic E-state index is 0.0378. The summed E-state index contributed by atoms with van der Waals surface area (Å²) in [6.07, 6.45) is 0.985. The summed E-state index contributed by atoms with van der Waals surface area (Å²) in [5.41, 5.74) is 1.03. The van der Waals surface area contributed by atoms with Crippen LogP contribution in [0, 0.1) is 0 Å². The fraction of sp³-hybridized carbons (Fsp3) is 0.571. The van der Waals surface area contributed by atoms with Crippen LogP contribution in [0.4, 0.5) is 0 Å². The maximum absolute atomic E-state index is 9.84. The van der Waals surface area contributed by atoms with Crippen molar-refractivity contribution in [3.8, 4) is 17.2 Å². The number of aromatic hydroxyl groups is 1. The van der Waals surface area contributed by atoms with Crippen LogP contribution in [0.5, 0.6) is 17.2 Å². The molecule has 0 spiro atoms. The predicted octanol–water partition coefficient (Wildman–Crippen LogP) is 1.88. The number of hydrogen-bond donors (Lipinski definition) is 1. The highest BCUT2D eigenvalue weighted by atomic mass is 16.5. The van der Waals surface area contributed by atoms with E-state index in [2.05, 4.69) is 4.90 Å². The minimum Gasteiger partial charge on any atom is -0.502 e. The van der Waals surface area contributed by atoms with Gasteiger partial charge in [-0.3, -0.25) is 0 Å². The third kappa shape index (κ3) is 4.61. The molecule has 5 nitrogen and oxygen atoms in total. The van der Waals surface area contributed by atoms with Crippen LogP contribution in [0.1, 0.15) is 12.0 Å². The van der Waals surface area contributed by atoms with Gasteiger partial charge in [-0.1, -0.05) is 0 Å². The zero-order chi connectivity index (χ0) is 14.3. The van der Waals surface area contributed by atoms with E-state index in [1.54, 1.807) is 7.11 Å². The molecule has 1 N–H and O–H groups in total. The van der Waals surface area contributed by atoms with Gasteiger partial charge in [0, 0.05) is 26.8 Å². The SMILES string of the molecule is COCCCN(C)Cc1cc(OC)c(O)c(OC)c1. The van der Waals surface area contributed by atoms with E-state index in [1.165, 1.54) is 14.2 Å². The summed E-state index contributed by atoms with van der Waals surface area (Å²) < 4.78 is 15.3. The second-order valence-electron chi connectivity index (χ2n) is 4.43. The molecule has 0 heterocycles. The van der Waals surface area contributed by atoms with Crippen molar-refractivity contribution in [3.05, 3.63) is 17.7 Å². The van der Waals surface area contributed by atoms with E-state index in [4.69, 9.17) is 14.2 Å². The van der Waals surface area contributed by atoms with E-state index in [0.29, 0.717) is 11.5 Å². The molecule has 1 rings (SSSR count). The standard InChI is InChI=1S/C14H23NO4/c1-15(6-5-7-17-2)10-11-8-12(18-3)14(16)13(9-11)19-4/h8-9,16H,5-7,10H2,1-4H3. The highest BCUT2D eigenvalue weighted by Gasteiger charge is 2.12. The largest absolute Gasteiger partial charge is 0.502 e. The van der Waals surface area contributed by atoms with Crippen LogP contribution in [0.25, 0.3) is 0 Å². The molecule has 108 valence electrons. The number of methoxy groups -OCH3 is 3. The first-order chi connectivity index (χ1) is 9.12. The molecule has 0 aliphatic rings. The molecular weight excluding hydrogens is 246 g/mol. The number of ether oxygens (including phenoxy) is 3. The first-order valence-corrected chi connectivity index (χ1v) is 6.23. The molecule has 0 radical (unpaired) electrons. The van der Waals surface area contributed by atoms with Crippen molar-refractivity contribution in [2.24, 2.45) is 0 Å². The Kier molecular flexibility index (Phi) is 6.45. The van der Waals surface area contributed by atoms with Crippen LogP contribution in [-0.4, -0.2) is 51.5 Å². The van der Waals surface area contributed by atoms with Gasteiger partial charge in [0.1, 0.15) is 0 Å². The van der Waals surface area contributed by atoms with Gasteiger partial charge in [0.2, 0.25) is 5.75 Å². The Hall–Kier alpha value is -1.46. The van der Waals surface area contributed by atoms with E-state index in [1.807, 2.05) is 19.2 Å². The number of rotatable bonds is 8. The molecule has 0 amide bonds. The zero-order valence-electron chi connectivity index (χ0n) is 12.1. The third-order valence-corrected chi connectivity index (χ3v) is 2.88. The van der Waals surface area contributed by atoms with Gasteiger partial charge >= 0.3 is 0 Å². The number of phenols is 1. The monoisotopic (exact) mass is 269 g/mol. The summed E-state index contributed by atoms with van der Waals surface area (Å²) >= 11 is 0. The fourth-order valence-electron chi connectivity index (χ4n) is 1.91. The Morgan fingerprint density at radius 2 is 1.68 bits per heavy atom. The van der Waals surface area contributed by atoms with E-state index < -0.39 is 0 Å². The molecule has 0 unspecified atom stereocenters. The molecule has 1 aromatic carbocycles. The number of benzene rings is 1. The number of nitrogens with zero attached hydrogens (tertiary/aromatic N) is 1. The second kappa shape index (κ2) is 7.86. The van der Waals surface area contributed by atoms with Gasteiger partial charge in [0.15, 0.2) is 11.5 Å². The Balaban J connectivity index is 2.72. The van der Waals surface area contributed by atoms with Crippen LogP contribution in [-0.2, 0) is 11.3 Å². The summed E-state index contributed by atoms with van der Waals surface area (Å²) in [6.45, 7) is 2.46. The molecule has 1 aromatic rings. The molecule has 5 heteroatoms. The van der Waals surface area contributed by atoms with Crippen molar-refractivity contribution in [2.45, 2.75) is 13.0 Å². The molecular formula is C14H23NO4. The molecule has 0 bridgehead atoms. The molecule has 0 fully saturated rings. The smallest absolute Gasteiger partial charge is 0.200 e. The lowest BCUT2D eigenvalue weighted by Crippen LogP contribution is -2.20.